The SMILES string of the molecule is CC(C)N1CCC(C(=O)N2C3CCCC2CC3)CC1. The van der Waals surface area contributed by atoms with Gasteiger partial charge in [-0.1, -0.05) is 0 Å². The molecule has 2 atom stereocenters. The molecule has 0 radical (unpaired) electrons. The van der Waals surface area contributed by atoms with Crippen LogP contribution in [-0.2, 0) is 4.79 Å². The maximum atomic E-state index is 12.8. The lowest BCUT2D eigenvalue weighted by molar-refractivity contribution is -0.141. The predicted octanol–water partition coefficient (Wildman–Crippen LogP) is 2.65. The first-order chi connectivity index (χ1) is 9.16. The average molecular weight is 264 g/mol. The summed E-state index contributed by atoms with van der Waals surface area (Å²) in [6, 6.07) is 1.81. The number of nitrogens with zero attached hydrogens (tertiary/aromatic N) is 2. The number of carbonyl (C=O) groups excluding carboxylic acids is 1. The normalized spacial score (nSPS) is 33.1. The van der Waals surface area contributed by atoms with Crippen LogP contribution in [0, 0.1) is 5.92 Å². The third kappa shape index (κ3) is 2.54. The molecule has 108 valence electrons. The molecule has 0 aliphatic carbocycles. The van der Waals surface area contributed by atoms with Crippen molar-refractivity contribution in [1.82, 2.24) is 9.80 Å². The first-order valence-corrected chi connectivity index (χ1v) is 8.23. The van der Waals surface area contributed by atoms with Gasteiger partial charge < -0.3 is 9.80 Å². The van der Waals surface area contributed by atoms with Crippen molar-refractivity contribution in [2.75, 3.05) is 13.1 Å². The zero-order valence-corrected chi connectivity index (χ0v) is 12.5. The van der Waals surface area contributed by atoms with Crippen molar-refractivity contribution in [2.45, 2.75) is 76.9 Å². The lowest BCUT2D eigenvalue weighted by Crippen LogP contribution is -2.49. The Kier molecular flexibility index (Phi) is 3.84. The zero-order chi connectivity index (χ0) is 13.4. The van der Waals surface area contributed by atoms with Gasteiger partial charge in [0.2, 0.25) is 5.91 Å². The molecule has 3 heteroatoms. The molecule has 0 aromatic heterocycles. The fraction of sp³-hybridized carbons (Fsp3) is 0.938. The summed E-state index contributed by atoms with van der Waals surface area (Å²) in [5.74, 6) is 0.812. The zero-order valence-electron chi connectivity index (χ0n) is 12.5. The standard InChI is InChI=1S/C16H28N2O/c1-12(2)17-10-8-13(9-11-17)16(19)18-14-4-3-5-15(18)7-6-14/h12-15H,3-11H2,1-2H3. The molecule has 2 unspecified atom stereocenters. The maximum Gasteiger partial charge on any atom is 0.226 e. The van der Waals surface area contributed by atoms with Gasteiger partial charge >= 0.3 is 0 Å². The Morgan fingerprint density at radius 3 is 2.05 bits per heavy atom. The van der Waals surface area contributed by atoms with Crippen LogP contribution in [0.3, 0.4) is 0 Å². The summed E-state index contributed by atoms with van der Waals surface area (Å²) in [5.41, 5.74) is 0. The minimum absolute atomic E-state index is 0.316. The largest absolute Gasteiger partial charge is 0.336 e. The van der Waals surface area contributed by atoms with Crippen LogP contribution in [0.4, 0.5) is 0 Å². The van der Waals surface area contributed by atoms with Crippen LogP contribution in [0.25, 0.3) is 0 Å². The molecule has 19 heavy (non-hydrogen) atoms. The van der Waals surface area contributed by atoms with Crippen LogP contribution < -0.4 is 0 Å². The molecule has 3 aliphatic heterocycles. The van der Waals surface area contributed by atoms with Gasteiger partial charge in [0.1, 0.15) is 0 Å². The van der Waals surface area contributed by atoms with E-state index in [9.17, 15) is 4.79 Å². The Hall–Kier alpha value is -0.570. The molecule has 3 fully saturated rings. The lowest BCUT2D eigenvalue weighted by Gasteiger charge is -2.40. The molecule has 3 heterocycles. The highest BCUT2D eigenvalue weighted by atomic mass is 16.2. The number of rotatable bonds is 2. The fourth-order valence-corrected chi connectivity index (χ4v) is 4.35. The van der Waals surface area contributed by atoms with Crippen LogP contribution in [-0.4, -0.2) is 46.9 Å². The second-order valence-electron chi connectivity index (χ2n) is 6.97. The number of carbonyl (C=O) groups is 1. The van der Waals surface area contributed by atoms with Gasteiger partial charge in [-0.3, -0.25) is 4.79 Å². The number of fused-ring (bicyclic) bond motifs is 2. The van der Waals surface area contributed by atoms with Crippen molar-refractivity contribution in [1.29, 1.82) is 0 Å². The first kappa shape index (κ1) is 13.4. The quantitative estimate of drug-likeness (QED) is 0.765. The summed E-state index contributed by atoms with van der Waals surface area (Å²) < 4.78 is 0. The van der Waals surface area contributed by atoms with E-state index in [0.29, 0.717) is 30.0 Å². The van der Waals surface area contributed by atoms with Crippen LogP contribution >= 0.6 is 0 Å². The monoisotopic (exact) mass is 264 g/mol. The topological polar surface area (TPSA) is 23.6 Å². The van der Waals surface area contributed by atoms with Gasteiger partial charge in [-0.25, -0.2) is 0 Å². The highest BCUT2D eigenvalue weighted by Crippen LogP contribution is 2.37. The highest BCUT2D eigenvalue weighted by molar-refractivity contribution is 5.80. The molecule has 0 aromatic carbocycles. The number of piperidine rings is 2. The van der Waals surface area contributed by atoms with Crippen LogP contribution in [0.1, 0.15) is 58.8 Å². The maximum absolute atomic E-state index is 12.8. The van der Waals surface area contributed by atoms with Crippen molar-refractivity contribution < 1.29 is 4.79 Å². The van der Waals surface area contributed by atoms with E-state index >= 15 is 0 Å². The number of hydrogen-bond acceptors (Lipinski definition) is 2. The lowest BCUT2D eigenvalue weighted by atomic mass is 9.92. The van der Waals surface area contributed by atoms with Gasteiger partial charge in [0.05, 0.1) is 0 Å². The third-order valence-electron chi connectivity index (χ3n) is 5.56. The summed E-state index contributed by atoms with van der Waals surface area (Å²) in [5, 5.41) is 0. The number of likely N-dealkylation sites (tertiary alicyclic amines) is 1. The second-order valence-corrected chi connectivity index (χ2v) is 6.97. The minimum atomic E-state index is 0.316. The Morgan fingerprint density at radius 1 is 0.947 bits per heavy atom. The molecule has 3 aliphatic rings. The molecular weight excluding hydrogens is 236 g/mol. The van der Waals surface area contributed by atoms with Crippen molar-refractivity contribution in [3.8, 4) is 0 Å². The molecule has 0 aromatic rings. The summed E-state index contributed by atoms with van der Waals surface area (Å²) in [6.07, 6.45) is 8.54. The highest BCUT2D eigenvalue weighted by Gasteiger charge is 2.42. The Balaban J connectivity index is 1.60. The summed E-state index contributed by atoms with van der Waals surface area (Å²) in [7, 11) is 0. The van der Waals surface area contributed by atoms with Gasteiger partial charge in [-0.2, -0.15) is 0 Å². The molecule has 3 nitrogen and oxygen atoms in total. The fourth-order valence-electron chi connectivity index (χ4n) is 4.35. The summed E-state index contributed by atoms with van der Waals surface area (Å²) in [6.45, 7) is 6.73. The molecule has 3 saturated heterocycles. The van der Waals surface area contributed by atoms with Gasteiger partial charge in [-0.15, -0.1) is 0 Å². The Labute approximate surface area is 117 Å². The third-order valence-corrected chi connectivity index (χ3v) is 5.56. The second kappa shape index (κ2) is 5.43. The van der Waals surface area contributed by atoms with Gasteiger partial charge in [-0.05, 0) is 71.9 Å². The van der Waals surface area contributed by atoms with Crippen molar-refractivity contribution >= 4 is 5.91 Å². The van der Waals surface area contributed by atoms with E-state index in [0.717, 1.165) is 25.9 Å². The molecular formula is C16H28N2O. The minimum Gasteiger partial charge on any atom is -0.336 e. The van der Waals surface area contributed by atoms with E-state index in [1.165, 1.54) is 32.1 Å². The smallest absolute Gasteiger partial charge is 0.226 e. The average Bonchev–Trinajstić information content (AvgIpc) is 2.67. The summed E-state index contributed by atoms with van der Waals surface area (Å²) >= 11 is 0. The number of amides is 1. The van der Waals surface area contributed by atoms with Crippen molar-refractivity contribution in [2.24, 2.45) is 5.92 Å². The van der Waals surface area contributed by atoms with Gasteiger partial charge in [0.15, 0.2) is 0 Å². The Bertz CT molecular complexity index is 318. The van der Waals surface area contributed by atoms with Gasteiger partial charge in [0, 0.05) is 24.0 Å². The first-order valence-electron chi connectivity index (χ1n) is 8.23. The van der Waals surface area contributed by atoms with Gasteiger partial charge in [0.25, 0.3) is 0 Å². The molecule has 0 saturated carbocycles. The van der Waals surface area contributed by atoms with E-state index in [-0.39, 0.29) is 0 Å². The van der Waals surface area contributed by atoms with E-state index in [1.54, 1.807) is 0 Å². The molecule has 0 spiro atoms. The van der Waals surface area contributed by atoms with E-state index in [1.807, 2.05) is 0 Å². The van der Waals surface area contributed by atoms with Crippen molar-refractivity contribution in [3.05, 3.63) is 0 Å². The molecule has 0 N–H and O–H groups in total. The van der Waals surface area contributed by atoms with E-state index < -0.39 is 0 Å². The van der Waals surface area contributed by atoms with Crippen LogP contribution in [0.2, 0.25) is 0 Å². The molecule has 3 rings (SSSR count). The van der Waals surface area contributed by atoms with Crippen LogP contribution in [0.15, 0.2) is 0 Å². The summed E-state index contributed by atoms with van der Waals surface area (Å²) in [4.78, 5) is 17.6. The van der Waals surface area contributed by atoms with Crippen LogP contribution in [0.5, 0.6) is 0 Å². The number of hydrogen-bond donors (Lipinski definition) is 0. The molecule has 1 amide bonds. The Morgan fingerprint density at radius 2 is 1.53 bits per heavy atom. The van der Waals surface area contributed by atoms with Crippen molar-refractivity contribution in [3.63, 3.8) is 0 Å². The molecule has 2 bridgehead atoms. The van der Waals surface area contributed by atoms with E-state index in [2.05, 4.69) is 23.6 Å². The predicted molar refractivity (Wildman–Crippen MR) is 76.9 cm³/mol. The van der Waals surface area contributed by atoms with E-state index in [4.69, 9.17) is 0 Å².